The van der Waals surface area contributed by atoms with E-state index in [0.29, 0.717) is 18.0 Å². The van der Waals surface area contributed by atoms with Crippen molar-refractivity contribution in [3.05, 3.63) is 29.8 Å². The molecule has 0 atom stereocenters. The van der Waals surface area contributed by atoms with Gasteiger partial charge in [0.05, 0.1) is 4.90 Å². The van der Waals surface area contributed by atoms with Crippen LogP contribution in [0.15, 0.2) is 29.2 Å². The first-order valence-electron chi connectivity index (χ1n) is 8.36. The zero-order valence-electron chi connectivity index (χ0n) is 14.1. The van der Waals surface area contributed by atoms with Crippen LogP contribution in [0.1, 0.15) is 24.8 Å². The van der Waals surface area contributed by atoms with E-state index < -0.39 is 10.0 Å². The molecular formula is C17H27N3O2S. The lowest BCUT2D eigenvalue weighted by Gasteiger charge is -2.33. The van der Waals surface area contributed by atoms with Crippen molar-refractivity contribution >= 4 is 10.0 Å². The molecule has 1 aromatic carbocycles. The van der Waals surface area contributed by atoms with Crippen LogP contribution in [0.3, 0.4) is 0 Å². The minimum Gasteiger partial charge on any atom is -0.317 e. The zero-order chi connectivity index (χ0) is 16.5. The van der Waals surface area contributed by atoms with Gasteiger partial charge in [0.1, 0.15) is 0 Å². The fourth-order valence-electron chi connectivity index (χ4n) is 3.75. The Balaban J connectivity index is 1.74. The van der Waals surface area contributed by atoms with Crippen LogP contribution in [0, 0.1) is 5.41 Å². The minimum absolute atomic E-state index is 0.198. The van der Waals surface area contributed by atoms with E-state index in [1.165, 1.54) is 0 Å². The standard InChI is InChI=1S/C17H27N3O2S/c1-19(2)13-15-3-5-16(6-4-15)23(21,22)20-12-9-17(14-20)7-10-18-11-8-17/h3-6,18H,7-14H2,1-2H3. The second-order valence-corrected chi connectivity index (χ2v) is 9.16. The van der Waals surface area contributed by atoms with Crippen LogP contribution in [0.2, 0.25) is 0 Å². The summed E-state index contributed by atoms with van der Waals surface area (Å²) < 4.78 is 27.5. The molecule has 0 saturated carbocycles. The van der Waals surface area contributed by atoms with Crippen LogP contribution in [0.25, 0.3) is 0 Å². The maximum atomic E-state index is 12.9. The van der Waals surface area contributed by atoms with E-state index in [2.05, 4.69) is 10.2 Å². The molecule has 2 saturated heterocycles. The molecule has 0 amide bonds. The van der Waals surface area contributed by atoms with E-state index in [9.17, 15) is 8.42 Å². The number of sulfonamides is 1. The summed E-state index contributed by atoms with van der Waals surface area (Å²) in [5, 5.41) is 3.37. The molecule has 0 aromatic heterocycles. The van der Waals surface area contributed by atoms with E-state index in [1.54, 1.807) is 16.4 Å². The summed E-state index contributed by atoms with van der Waals surface area (Å²) in [6.45, 7) is 4.17. The van der Waals surface area contributed by atoms with Crippen LogP contribution in [0.5, 0.6) is 0 Å². The maximum Gasteiger partial charge on any atom is 0.243 e. The van der Waals surface area contributed by atoms with Crippen molar-refractivity contribution in [2.24, 2.45) is 5.41 Å². The predicted molar refractivity (Wildman–Crippen MR) is 91.7 cm³/mol. The Morgan fingerprint density at radius 1 is 1.13 bits per heavy atom. The second kappa shape index (κ2) is 6.51. The summed E-state index contributed by atoms with van der Waals surface area (Å²) in [4.78, 5) is 2.50. The summed E-state index contributed by atoms with van der Waals surface area (Å²) in [5.74, 6) is 0. The van der Waals surface area contributed by atoms with Crippen molar-refractivity contribution in [1.29, 1.82) is 0 Å². The predicted octanol–water partition coefficient (Wildman–Crippen LogP) is 1.51. The number of hydrogen-bond donors (Lipinski definition) is 1. The van der Waals surface area contributed by atoms with Crippen LogP contribution in [-0.2, 0) is 16.6 Å². The quantitative estimate of drug-likeness (QED) is 0.905. The van der Waals surface area contributed by atoms with E-state index in [0.717, 1.165) is 44.5 Å². The molecule has 0 unspecified atom stereocenters. The van der Waals surface area contributed by atoms with Gasteiger partial charge < -0.3 is 10.2 Å². The lowest BCUT2D eigenvalue weighted by Crippen LogP contribution is -2.39. The number of piperidine rings is 1. The summed E-state index contributed by atoms with van der Waals surface area (Å²) in [6.07, 6.45) is 3.16. The molecule has 2 aliphatic heterocycles. The molecule has 2 aliphatic rings. The molecule has 5 nitrogen and oxygen atoms in total. The van der Waals surface area contributed by atoms with E-state index in [4.69, 9.17) is 0 Å². The largest absolute Gasteiger partial charge is 0.317 e. The van der Waals surface area contributed by atoms with Gasteiger partial charge in [0.25, 0.3) is 0 Å². The molecule has 23 heavy (non-hydrogen) atoms. The smallest absolute Gasteiger partial charge is 0.243 e. The summed E-state index contributed by atoms with van der Waals surface area (Å²) in [6, 6.07) is 7.34. The van der Waals surface area contributed by atoms with Gasteiger partial charge in [-0.15, -0.1) is 0 Å². The average Bonchev–Trinajstić information content (AvgIpc) is 2.92. The Hall–Kier alpha value is -0.950. The second-order valence-electron chi connectivity index (χ2n) is 7.22. The van der Waals surface area contributed by atoms with E-state index >= 15 is 0 Å². The average molecular weight is 337 g/mol. The zero-order valence-corrected chi connectivity index (χ0v) is 14.9. The van der Waals surface area contributed by atoms with Gasteiger partial charge in [-0.1, -0.05) is 12.1 Å². The van der Waals surface area contributed by atoms with Gasteiger partial charge in [-0.2, -0.15) is 4.31 Å². The van der Waals surface area contributed by atoms with Crippen molar-refractivity contribution in [2.75, 3.05) is 40.3 Å². The molecule has 0 aliphatic carbocycles. The topological polar surface area (TPSA) is 52.7 Å². The number of rotatable bonds is 4. The van der Waals surface area contributed by atoms with Crippen LogP contribution < -0.4 is 5.32 Å². The molecule has 6 heteroatoms. The van der Waals surface area contributed by atoms with E-state index in [-0.39, 0.29) is 5.41 Å². The molecular weight excluding hydrogens is 310 g/mol. The first kappa shape index (κ1) is 16.9. The third-order valence-electron chi connectivity index (χ3n) is 5.13. The van der Waals surface area contributed by atoms with Gasteiger partial charge in [0.2, 0.25) is 10.0 Å². The molecule has 1 spiro atoms. The molecule has 3 rings (SSSR count). The highest BCUT2D eigenvalue weighted by molar-refractivity contribution is 7.89. The molecule has 2 heterocycles. The summed E-state index contributed by atoms with van der Waals surface area (Å²) >= 11 is 0. The van der Waals surface area contributed by atoms with Crippen molar-refractivity contribution in [1.82, 2.24) is 14.5 Å². The molecule has 0 bridgehead atoms. The van der Waals surface area contributed by atoms with Gasteiger partial charge in [-0.25, -0.2) is 8.42 Å². The molecule has 128 valence electrons. The van der Waals surface area contributed by atoms with E-state index in [1.807, 2.05) is 26.2 Å². The number of nitrogens with zero attached hydrogens (tertiary/aromatic N) is 2. The Labute approximate surface area is 139 Å². The molecule has 1 aromatic rings. The monoisotopic (exact) mass is 337 g/mol. The SMILES string of the molecule is CN(C)Cc1ccc(S(=O)(=O)N2CCC3(CCNCC3)C2)cc1. The maximum absolute atomic E-state index is 12.9. The Bertz CT molecular complexity index is 634. The van der Waals surface area contributed by atoms with Crippen molar-refractivity contribution in [2.45, 2.75) is 30.7 Å². The van der Waals surface area contributed by atoms with Crippen LogP contribution in [-0.4, -0.2) is 57.9 Å². The Kier molecular flexibility index (Phi) is 4.78. The van der Waals surface area contributed by atoms with Gasteiger partial charge in [-0.3, -0.25) is 0 Å². The molecule has 1 N–H and O–H groups in total. The normalized spacial score (nSPS) is 22.0. The fourth-order valence-corrected chi connectivity index (χ4v) is 5.30. The highest BCUT2D eigenvalue weighted by atomic mass is 32.2. The van der Waals surface area contributed by atoms with Crippen molar-refractivity contribution in [3.63, 3.8) is 0 Å². The molecule has 0 radical (unpaired) electrons. The number of hydrogen-bond acceptors (Lipinski definition) is 4. The van der Waals surface area contributed by atoms with Gasteiger partial charge in [0.15, 0.2) is 0 Å². The number of benzene rings is 1. The Morgan fingerprint density at radius 2 is 1.78 bits per heavy atom. The third-order valence-corrected chi connectivity index (χ3v) is 6.99. The third kappa shape index (κ3) is 3.60. The first-order valence-corrected chi connectivity index (χ1v) is 9.80. The number of nitrogens with one attached hydrogen (secondary N) is 1. The Morgan fingerprint density at radius 3 is 2.39 bits per heavy atom. The van der Waals surface area contributed by atoms with Gasteiger partial charge in [0, 0.05) is 19.6 Å². The van der Waals surface area contributed by atoms with Gasteiger partial charge >= 0.3 is 0 Å². The highest BCUT2D eigenvalue weighted by Gasteiger charge is 2.43. The van der Waals surface area contributed by atoms with Crippen molar-refractivity contribution < 1.29 is 8.42 Å². The minimum atomic E-state index is -3.36. The first-order chi connectivity index (χ1) is 10.9. The lowest BCUT2D eigenvalue weighted by molar-refractivity contribution is 0.218. The van der Waals surface area contributed by atoms with Crippen LogP contribution >= 0.6 is 0 Å². The molecule has 2 fully saturated rings. The highest BCUT2D eigenvalue weighted by Crippen LogP contribution is 2.40. The summed E-state index contributed by atoms with van der Waals surface area (Å²) in [7, 11) is 0.655. The fraction of sp³-hybridized carbons (Fsp3) is 0.647. The van der Waals surface area contributed by atoms with Gasteiger partial charge in [-0.05, 0) is 69.6 Å². The summed E-state index contributed by atoms with van der Waals surface area (Å²) in [5.41, 5.74) is 1.33. The van der Waals surface area contributed by atoms with Crippen LogP contribution in [0.4, 0.5) is 0 Å². The lowest BCUT2D eigenvalue weighted by atomic mass is 9.78. The van der Waals surface area contributed by atoms with Crippen molar-refractivity contribution in [3.8, 4) is 0 Å².